The van der Waals surface area contributed by atoms with Gasteiger partial charge in [-0.15, -0.1) is 0 Å². The number of nitriles is 1. The van der Waals surface area contributed by atoms with Crippen molar-refractivity contribution in [1.29, 1.82) is 5.26 Å². The molecule has 1 aromatic carbocycles. The minimum absolute atomic E-state index is 0.311. The molecule has 1 aliphatic heterocycles. The Hall–Kier alpha value is -2.28. The zero-order valence-corrected chi connectivity index (χ0v) is 13.2. The van der Waals surface area contributed by atoms with Crippen LogP contribution in [0.15, 0.2) is 24.7 Å². The zero-order chi connectivity index (χ0) is 15.5. The van der Waals surface area contributed by atoms with Crippen LogP contribution in [0.3, 0.4) is 0 Å². The maximum atomic E-state index is 9.34. The lowest BCUT2D eigenvalue weighted by atomic mass is 9.92. The topological polar surface area (TPSA) is 50.8 Å². The third kappa shape index (κ3) is 2.37. The van der Waals surface area contributed by atoms with Crippen molar-refractivity contribution in [3.8, 4) is 11.8 Å². The summed E-state index contributed by atoms with van der Waals surface area (Å²) in [6.07, 6.45) is 9.19. The lowest BCUT2D eigenvalue weighted by Crippen LogP contribution is -2.10. The third-order valence-electron chi connectivity index (χ3n) is 4.52. The van der Waals surface area contributed by atoms with Crippen molar-refractivity contribution < 1.29 is 4.74 Å². The molecule has 0 saturated heterocycles. The first-order valence-electron chi connectivity index (χ1n) is 7.90. The Labute approximate surface area is 131 Å². The van der Waals surface area contributed by atoms with Gasteiger partial charge < -0.3 is 9.30 Å². The van der Waals surface area contributed by atoms with Gasteiger partial charge in [-0.2, -0.15) is 5.26 Å². The summed E-state index contributed by atoms with van der Waals surface area (Å²) < 4.78 is 7.85. The van der Waals surface area contributed by atoms with E-state index >= 15 is 0 Å². The van der Waals surface area contributed by atoms with E-state index in [1.54, 1.807) is 7.11 Å². The first-order valence-corrected chi connectivity index (χ1v) is 7.90. The smallest absolute Gasteiger partial charge is 0.140 e. The van der Waals surface area contributed by atoms with Gasteiger partial charge in [-0.3, -0.25) is 0 Å². The summed E-state index contributed by atoms with van der Waals surface area (Å²) in [6.45, 7) is 2.18. The number of rotatable bonds is 5. The zero-order valence-electron chi connectivity index (χ0n) is 13.2. The summed E-state index contributed by atoms with van der Waals surface area (Å²) in [5.74, 6) is 0.752. The molecule has 0 saturated carbocycles. The highest BCUT2D eigenvalue weighted by Gasteiger charge is 2.27. The van der Waals surface area contributed by atoms with Crippen LogP contribution < -0.4 is 4.74 Å². The molecular formula is C18H21N3O. The SMILES string of the molecule is CCCCc1c(C2CCc3cncn32)ccc(C#N)c1OC. The Morgan fingerprint density at radius 1 is 1.45 bits per heavy atom. The molecule has 4 heteroatoms. The average Bonchev–Trinajstić information content (AvgIpc) is 3.15. The fourth-order valence-electron chi connectivity index (χ4n) is 3.42. The summed E-state index contributed by atoms with van der Waals surface area (Å²) >= 11 is 0. The molecule has 1 aliphatic rings. The van der Waals surface area contributed by atoms with E-state index in [1.807, 2.05) is 18.6 Å². The van der Waals surface area contributed by atoms with Crippen LogP contribution in [-0.4, -0.2) is 16.7 Å². The molecular weight excluding hydrogens is 274 g/mol. The standard InChI is InChI=1S/C18H21N3O/c1-3-4-5-16-15(8-6-13(10-19)18(16)22-2)17-9-7-14-11-20-12-21(14)17/h6,8,11-12,17H,3-5,7,9H2,1-2H3. The number of aromatic nitrogens is 2. The van der Waals surface area contributed by atoms with Gasteiger partial charge >= 0.3 is 0 Å². The van der Waals surface area contributed by atoms with E-state index < -0.39 is 0 Å². The highest BCUT2D eigenvalue weighted by atomic mass is 16.5. The minimum atomic E-state index is 0.311. The van der Waals surface area contributed by atoms with Crippen LogP contribution in [0.5, 0.6) is 5.75 Å². The van der Waals surface area contributed by atoms with Gasteiger partial charge in [-0.05, 0) is 37.3 Å². The number of nitrogens with zero attached hydrogens (tertiary/aromatic N) is 3. The number of hydrogen-bond donors (Lipinski definition) is 0. The van der Waals surface area contributed by atoms with Gasteiger partial charge in [-0.1, -0.05) is 19.4 Å². The first kappa shape index (κ1) is 14.6. The van der Waals surface area contributed by atoms with Crippen molar-refractivity contribution in [1.82, 2.24) is 9.55 Å². The minimum Gasteiger partial charge on any atom is -0.495 e. The number of hydrogen-bond acceptors (Lipinski definition) is 3. The van der Waals surface area contributed by atoms with Crippen LogP contribution in [0.25, 0.3) is 0 Å². The quantitative estimate of drug-likeness (QED) is 0.846. The summed E-state index contributed by atoms with van der Waals surface area (Å²) in [6, 6.07) is 6.55. The van der Waals surface area contributed by atoms with E-state index in [1.165, 1.54) is 16.8 Å². The van der Waals surface area contributed by atoms with Gasteiger partial charge in [0.05, 0.1) is 25.0 Å². The van der Waals surface area contributed by atoms with Crippen LogP contribution in [-0.2, 0) is 12.8 Å². The van der Waals surface area contributed by atoms with Crippen LogP contribution in [0.2, 0.25) is 0 Å². The number of benzene rings is 1. The van der Waals surface area contributed by atoms with Crippen LogP contribution in [0.4, 0.5) is 0 Å². The van der Waals surface area contributed by atoms with Gasteiger partial charge in [0.1, 0.15) is 11.8 Å². The number of methoxy groups -OCH3 is 1. The van der Waals surface area contributed by atoms with Crippen molar-refractivity contribution >= 4 is 0 Å². The molecule has 3 rings (SSSR count). The number of aryl methyl sites for hydroxylation is 1. The first-order chi connectivity index (χ1) is 10.8. The Morgan fingerprint density at radius 2 is 2.32 bits per heavy atom. The molecule has 1 aromatic heterocycles. The van der Waals surface area contributed by atoms with Gasteiger partial charge in [0, 0.05) is 17.5 Å². The molecule has 4 nitrogen and oxygen atoms in total. The predicted molar refractivity (Wildman–Crippen MR) is 85.0 cm³/mol. The second-order valence-corrected chi connectivity index (χ2v) is 5.78. The molecule has 0 bridgehead atoms. The fraction of sp³-hybridized carbons (Fsp3) is 0.444. The Kier molecular flexibility index (Phi) is 4.15. The molecule has 2 aromatic rings. The average molecular weight is 295 g/mol. The highest BCUT2D eigenvalue weighted by Crippen LogP contribution is 2.38. The van der Waals surface area contributed by atoms with Gasteiger partial charge in [0.25, 0.3) is 0 Å². The van der Waals surface area contributed by atoms with Crippen molar-refractivity contribution in [2.24, 2.45) is 0 Å². The summed E-state index contributed by atoms with van der Waals surface area (Å²) in [5, 5.41) is 9.34. The van der Waals surface area contributed by atoms with Gasteiger partial charge in [0.15, 0.2) is 0 Å². The lowest BCUT2D eigenvalue weighted by molar-refractivity contribution is 0.405. The lowest BCUT2D eigenvalue weighted by Gasteiger charge is -2.21. The Bertz CT molecular complexity index is 712. The van der Waals surface area contributed by atoms with E-state index in [0.717, 1.165) is 37.9 Å². The maximum Gasteiger partial charge on any atom is 0.140 e. The van der Waals surface area contributed by atoms with E-state index in [4.69, 9.17) is 4.74 Å². The van der Waals surface area contributed by atoms with Crippen LogP contribution in [0.1, 0.15) is 54.6 Å². The summed E-state index contributed by atoms with van der Waals surface area (Å²) in [7, 11) is 1.66. The van der Waals surface area contributed by atoms with Gasteiger partial charge in [0.2, 0.25) is 0 Å². The van der Waals surface area contributed by atoms with Gasteiger partial charge in [-0.25, -0.2) is 4.98 Å². The van der Waals surface area contributed by atoms with Crippen molar-refractivity contribution in [3.63, 3.8) is 0 Å². The molecule has 0 spiro atoms. The third-order valence-corrected chi connectivity index (χ3v) is 4.52. The van der Waals surface area contributed by atoms with Crippen LogP contribution in [0, 0.1) is 11.3 Å². The largest absolute Gasteiger partial charge is 0.495 e. The molecule has 0 aliphatic carbocycles. The van der Waals surface area contributed by atoms with Crippen molar-refractivity contribution in [2.75, 3.05) is 7.11 Å². The van der Waals surface area contributed by atoms with E-state index in [0.29, 0.717) is 11.6 Å². The molecule has 0 amide bonds. The number of unbranched alkanes of at least 4 members (excludes halogenated alkanes) is 1. The number of imidazole rings is 1. The van der Waals surface area contributed by atoms with Crippen molar-refractivity contribution in [3.05, 3.63) is 47.0 Å². The summed E-state index contributed by atoms with van der Waals surface area (Å²) in [5.41, 5.74) is 4.38. The predicted octanol–water partition coefficient (Wildman–Crippen LogP) is 3.64. The van der Waals surface area contributed by atoms with E-state index in [9.17, 15) is 5.26 Å². The second kappa shape index (κ2) is 6.23. The van der Waals surface area contributed by atoms with Crippen molar-refractivity contribution in [2.45, 2.75) is 45.1 Å². The summed E-state index contributed by atoms with van der Waals surface area (Å²) in [4.78, 5) is 4.27. The Balaban J connectivity index is 2.09. The molecule has 22 heavy (non-hydrogen) atoms. The molecule has 0 N–H and O–H groups in total. The molecule has 0 fully saturated rings. The van der Waals surface area contributed by atoms with Crippen LogP contribution >= 0.6 is 0 Å². The molecule has 1 atom stereocenters. The molecule has 1 unspecified atom stereocenters. The molecule has 2 heterocycles. The Morgan fingerprint density at radius 3 is 3.05 bits per heavy atom. The monoisotopic (exact) mass is 295 g/mol. The molecule has 114 valence electrons. The van der Waals surface area contributed by atoms with E-state index in [-0.39, 0.29) is 0 Å². The number of fused-ring (bicyclic) bond motifs is 1. The number of ether oxygens (including phenoxy) is 1. The normalized spacial score (nSPS) is 16.3. The fourth-order valence-corrected chi connectivity index (χ4v) is 3.42. The molecule has 0 radical (unpaired) electrons. The van der Waals surface area contributed by atoms with E-state index in [2.05, 4.69) is 28.6 Å². The highest BCUT2D eigenvalue weighted by molar-refractivity contribution is 5.53. The second-order valence-electron chi connectivity index (χ2n) is 5.78. The maximum absolute atomic E-state index is 9.34.